The van der Waals surface area contributed by atoms with E-state index in [-0.39, 0.29) is 12.1 Å². The summed E-state index contributed by atoms with van der Waals surface area (Å²) in [5, 5.41) is 0. The molecule has 2 saturated carbocycles. The molecule has 3 fully saturated rings. The van der Waals surface area contributed by atoms with Gasteiger partial charge in [-0.05, 0) is 25.2 Å². The Bertz CT molecular complexity index is 240. The molecule has 0 spiro atoms. The Kier molecular flexibility index (Phi) is 0.796. The summed E-state index contributed by atoms with van der Waals surface area (Å²) < 4.78 is 5.18. The van der Waals surface area contributed by atoms with Gasteiger partial charge in [-0.2, -0.15) is 0 Å². The van der Waals surface area contributed by atoms with Gasteiger partial charge in [0.15, 0.2) is 0 Å². The predicted octanol–water partition coefficient (Wildman–Crippen LogP) is 0.0392. The van der Waals surface area contributed by atoms with Crippen LogP contribution in [-0.2, 0) is 9.53 Å². The van der Waals surface area contributed by atoms with Crippen molar-refractivity contribution in [1.82, 2.24) is 0 Å². The van der Waals surface area contributed by atoms with Gasteiger partial charge in [-0.1, -0.05) is 0 Å². The van der Waals surface area contributed by atoms with Crippen molar-refractivity contribution in [2.75, 3.05) is 0 Å². The molecule has 3 aliphatic rings. The SMILES string of the molecule is N[C@@]12C[C@H]3C[C@@H](OC1=O)[C@@H]2C3. The van der Waals surface area contributed by atoms with Gasteiger partial charge in [0.2, 0.25) is 0 Å². The molecule has 0 aromatic carbocycles. The maximum atomic E-state index is 11.3. The first kappa shape index (κ1) is 6.00. The molecule has 60 valence electrons. The van der Waals surface area contributed by atoms with Crippen molar-refractivity contribution in [3.05, 3.63) is 0 Å². The van der Waals surface area contributed by atoms with E-state index in [0.29, 0.717) is 11.8 Å². The molecule has 1 heterocycles. The zero-order chi connectivity index (χ0) is 7.64. The minimum atomic E-state index is -0.576. The Morgan fingerprint density at radius 3 is 2.91 bits per heavy atom. The summed E-state index contributed by atoms with van der Waals surface area (Å²) in [7, 11) is 0. The van der Waals surface area contributed by atoms with Crippen molar-refractivity contribution >= 4 is 5.97 Å². The van der Waals surface area contributed by atoms with Crippen molar-refractivity contribution in [3.63, 3.8) is 0 Å². The number of fused-ring (bicyclic) bond motifs is 1. The Labute approximate surface area is 64.9 Å². The standard InChI is InChI=1S/C8H11NO2/c9-8-3-4-1-5(8)6(2-4)11-7(8)10/h4-6H,1-3,9H2/t4-,5+,6-,8-/m1/s1. The largest absolute Gasteiger partial charge is 0.461 e. The molecule has 2 aliphatic carbocycles. The van der Waals surface area contributed by atoms with Gasteiger partial charge in [0.25, 0.3) is 0 Å². The van der Waals surface area contributed by atoms with E-state index in [1.807, 2.05) is 0 Å². The lowest BCUT2D eigenvalue weighted by Crippen LogP contribution is -2.48. The summed E-state index contributed by atoms with van der Waals surface area (Å²) in [6.07, 6.45) is 3.22. The van der Waals surface area contributed by atoms with Gasteiger partial charge in [-0.25, -0.2) is 0 Å². The van der Waals surface area contributed by atoms with E-state index < -0.39 is 5.54 Å². The Hall–Kier alpha value is -0.570. The van der Waals surface area contributed by atoms with Gasteiger partial charge in [0.05, 0.1) is 0 Å². The lowest BCUT2D eigenvalue weighted by molar-refractivity contribution is -0.144. The molecular weight excluding hydrogens is 142 g/mol. The van der Waals surface area contributed by atoms with Crippen molar-refractivity contribution in [2.24, 2.45) is 17.6 Å². The summed E-state index contributed by atoms with van der Waals surface area (Å²) in [6, 6.07) is 0. The maximum absolute atomic E-state index is 11.3. The molecule has 1 aliphatic heterocycles. The van der Waals surface area contributed by atoms with Gasteiger partial charge in [-0.15, -0.1) is 0 Å². The van der Waals surface area contributed by atoms with Crippen LogP contribution in [0.15, 0.2) is 0 Å². The van der Waals surface area contributed by atoms with Crippen LogP contribution in [0.4, 0.5) is 0 Å². The van der Waals surface area contributed by atoms with Gasteiger partial charge < -0.3 is 10.5 Å². The van der Waals surface area contributed by atoms with Gasteiger partial charge in [-0.3, -0.25) is 4.79 Å². The molecule has 3 heteroatoms. The fourth-order valence-electron chi connectivity index (χ4n) is 3.05. The topological polar surface area (TPSA) is 52.3 Å². The quantitative estimate of drug-likeness (QED) is 0.500. The lowest BCUT2D eigenvalue weighted by atomic mass is 9.83. The van der Waals surface area contributed by atoms with Crippen molar-refractivity contribution in [2.45, 2.75) is 30.9 Å². The summed E-state index contributed by atoms with van der Waals surface area (Å²) in [5.74, 6) is 0.869. The van der Waals surface area contributed by atoms with Crippen LogP contribution in [0.1, 0.15) is 19.3 Å². The second-order valence-corrected chi connectivity index (χ2v) is 4.13. The van der Waals surface area contributed by atoms with E-state index in [4.69, 9.17) is 10.5 Å². The molecule has 0 radical (unpaired) electrons. The third-order valence-electron chi connectivity index (χ3n) is 3.53. The zero-order valence-electron chi connectivity index (χ0n) is 6.25. The van der Waals surface area contributed by atoms with Gasteiger partial charge in [0.1, 0.15) is 11.6 Å². The van der Waals surface area contributed by atoms with Crippen LogP contribution in [-0.4, -0.2) is 17.6 Å². The first-order valence-corrected chi connectivity index (χ1v) is 4.20. The number of carbonyl (C=O) groups is 1. The number of rotatable bonds is 0. The van der Waals surface area contributed by atoms with E-state index in [9.17, 15) is 4.79 Å². The number of nitrogens with two attached hydrogens (primary N) is 1. The smallest absolute Gasteiger partial charge is 0.326 e. The maximum Gasteiger partial charge on any atom is 0.326 e. The van der Waals surface area contributed by atoms with Crippen molar-refractivity contribution in [3.8, 4) is 0 Å². The fraction of sp³-hybridized carbons (Fsp3) is 0.875. The molecule has 0 unspecified atom stereocenters. The number of hydrogen-bond acceptors (Lipinski definition) is 3. The second kappa shape index (κ2) is 1.46. The average molecular weight is 153 g/mol. The Morgan fingerprint density at radius 1 is 1.55 bits per heavy atom. The van der Waals surface area contributed by atoms with Crippen LogP contribution in [0.2, 0.25) is 0 Å². The molecule has 0 aromatic rings. The zero-order valence-corrected chi connectivity index (χ0v) is 6.25. The highest BCUT2D eigenvalue weighted by Crippen LogP contribution is 2.55. The van der Waals surface area contributed by atoms with E-state index in [0.717, 1.165) is 19.3 Å². The summed E-state index contributed by atoms with van der Waals surface area (Å²) in [5.41, 5.74) is 5.38. The predicted molar refractivity (Wildman–Crippen MR) is 37.6 cm³/mol. The molecule has 3 nitrogen and oxygen atoms in total. The van der Waals surface area contributed by atoms with E-state index in [1.165, 1.54) is 0 Å². The summed E-state index contributed by atoms with van der Waals surface area (Å²) in [6.45, 7) is 0. The third kappa shape index (κ3) is 0.495. The Morgan fingerprint density at radius 2 is 2.36 bits per heavy atom. The minimum absolute atomic E-state index is 0.146. The highest BCUT2D eigenvalue weighted by atomic mass is 16.6. The van der Waals surface area contributed by atoms with E-state index >= 15 is 0 Å². The van der Waals surface area contributed by atoms with Crippen LogP contribution in [0, 0.1) is 11.8 Å². The molecule has 0 amide bonds. The first-order valence-electron chi connectivity index (χ1n) is 4.20. The van der Waals surface area contributed by atoms with Crippen LogP contribution in [0.3, 0.4) is 0 Å². The summed E-state index contributed by atoms with van der Waals surface area (Å²) >= 11 is 0. The fourth-order valence-corrected chi connectivity index (χ4v) is 3.05. The molecular formula is C8H11NO2. The highest BCUT2D eigenvalue weighted by molar-refractivity contribution is 5.84. The first-order chi connectivity index (χ1) is 5.20. The third-order valence-corrected chi connectivity index (χ3v) is 3.53. The average Bonchev–Trinajstić information content (AvgIpc) is 2.45. The van der Waals surface area contributed by atoms with Gasteiger partial charge in [0, 0.05) is 5.92 Å². The lowest BCUT2D eigenvalue weighted by Gasteiger charge is -2.22. The van der Waals surface area contributed by atoms with Gasteiger partial charge >= 0.3 is 5.97 Å². The second-order valence-electron chi connectivity index (χ2n) is 4.13. The van der Waals surface area contributed by atoms with E-state index in [2.05, 4.69) is 0 Å². The van der Waals surface area contributed by atoms with Crippen molar-refractivity contribution in [1.29, 1.82) is 0 Å². The molecule has 11 heavy (non-hydrogen) atoms. The minimum Gasteiger partial charge on any atom is -0.461 e. The number of esters is 1. The van der Waals surface area contributed by atoms with Crippen LogP contribution < -0.4 is 5.73 Å². The number of carbonyl (C=O) groups excluding carboxylic acids is 1. The molecule has 3 rings (SSSR count). The van der Waals surface area contributed by atoms with Crippen molar-refractivity contribution < 1.29 is 9.53 Å². The number of hydrogen-bond donors (Lipinski definition) is 1. The van der Waals surface area contributed by atoms with Crippen LogP contribution in [0.5, 0.6) is 0 Å². The summed E-state index contributed by atoms with van der Waals surface area (Å²) in [4.78, 5) is 11.3. The molecule has 4 atom stereocenters. The normalized spacial score (nSPS) is 58.6. The molecule has 1 saturated heterocycles. The Balaban J connectivity index is 2.11. The molecule has 0 aromatic heterocycles. The number of ether oxygens (including phenoxy) is 1. The monoisotopic (exact) mass is 153 g/mol. The molecule has 2 N–H and O–H groups in total. The van der Waals surface area contributed by atoms with Crippen LogP contribution in [0.25, 0.3) is 0 Å². The van der Waals surface area contributed by atoms with Crippen LogP contribution >= 0.6 is 0 Å². The van der Waals surface area contributed by atoms with E-state index in [1.54, 1.807) is 0 Å². The molecule has 2 bridgehead atoms. The highest BCUT2D eigenvalue weighted by Gasteiger charge is 2.64.